The first-order valence-corrected chi connectivity index (χ1v) is 11.8. The minimum absolute atomic E-state index is 0.104. The van der Waals surface area contributed by atoms with Gasteiger partial charge in [0.15, 0.2) is 0 Å². The SMILES string of the molecule is CCCCC(OC(=O)[C@@H](C)CCC(=O)OCCCCCC(=O)OC(C)(C)C)C(C)(C)C. The second kappa shape index (κ2) is 14.5. The minimum atomic E-state index is -0.459. The smallest absolute Gasteiger partial charge is 0.308 e. The molecule has 0 heterocycles. The summed E-state index contributed by atoms with van der Waals surface area (Å²) in [5, 5.41) is 0. The predicted octanol–water partition coefficient (Wildman–Crippen LogP) is 6.00. The fourth-order valence-electron chi connectivity index (χ4n) is 2.97. The molecule has 0 aliphatic rings. The summed E-state index contributed by atoms with van der Waals surface area (Å²) in [4.78, 5) is 36.0. The van der Waals surface area contributed by atoms with Crippen molar-refractivity contribution < 1.29 is 28.6 Å². The van der Waals surface area contributed by atoms with Gasteiger partial charge in [-0.3, -0.25) is 14.4 Å². The Labute approximate surface area is 189 Å². The standard InChI is InChI=1S/C25H46O6/c1-9-10-14-20(24(3,4)5)30-23(28)19(2)16-17-21(26)29-18-13-11-12-15-22(27)31-25(6,7)8/h19-20H,9-18H2,1-8H3/t19-,20?/m0/s1. The van der Waals surface area contributed by atoms with E-state index < -0.39 is 5.60 Å². The Bertz CT molecular complexity index is 541. The van der Waals surface area contributed by atoms with Crippen molar-refractivity contribution >= 4 is 17.9 Å². The largest absolute Gasteiger partial charge is 0.466 e. The molecule has 0 radical (unpaired) electrons. The van der Waals surface area contributed by atoms with Gasteiger partial charge in [0.1, 0.15) is 11.7 Å². The lowest BCUT2D eigenvalue weighted by atomic mass is 9.86. The van der Waals surface area contributed by atoms with Gasteiger partial charge >= 0.3 is 17.9 Å². The van der Waals surface area contributed by atoms with Gasteiger partial charge in [-0.2, -0.15) is 0 Å². The molecule has 0 aromatic rings. The Kier molecular flexibility index (Phi) is 13.7. The lowest BCUT2D eigenvalue weighted by molar-refractivity contribution is -0.160. The highest BCUT2D eigenvalue weighted by molar-refractivity contribution is 5.74. The van der Waals surface area contributed by atoms with Crippen LogP contribution in [0.3, 0.4) is 0 Å². The molecule has 0 aromatic heterocycles. The van der Waals surface area contributed by atoms with Crippen molar-refractivity contribution in [2.24, 2.45) is 11.3 Å². The summed E-state index contributed by atoms with van der Waals surface area (Å²) >= 11 is 0. The number of carbonyl (C=O) groups is 3. The first kappa shape index (κ1) is 29.4. The van der Waals surface area contributed by atoms with Crippen LogP contribution < -0.4 is 0 Å². The average Bonchev–Trinajstić information content (AvgIpc) is 2.63. The van der Waals surface area contributed by atoms with Crippen LogP contribution in [0.15, 0.2) is 0 Å². The third-order valence-corrected chi connectivity index (χ3v) is 4.94. The molecule has 0 spiro atoms. The molecule has 6 heteroatoms. The Balaban J connectivity index is 4.05. The third-order valence-electron chi connectivity index (χ3n) is 4.94. The molecule has 0 N–H and O–H groups in total. The molecular formula is C25H46O6. The highest BCUT2D eigenvalue weighted by Crippen LogP contribution is 2.28. The van der Waals surface area contributed by atoms with Crippen LogP contribution in [0.4, 0.5) is 0 Å². The lowest BCUT2D eigenvalue weighted by Gasteiger charge is -2.31. The number of esters is 3. The van der Waals surface area contributed by atoms with Gasteiger partial charge < -0.3 is 14.2 Å². The Morgan fingerprint density at radius 2 is 1.45 bits per heavy atom. The molecule has 0 aromatic carbocycles. The van der Waals surface area contributed by atoms with E-state index in [1.807, 2.05) is 20.8 Å². The number of hydrogen-bond acceptors (Lipinski definition) is 6. The summed E-state index contributed by atoms with van der Waals surface area (Å²) in [5.74, 6) is -1.09. The van der Waals surface area contributed by atoms with E-state index in [4.69, 9.17) is 14.2 Å². The first-order chi connectivity index (χ1) is 14.3. The van der Waals surface area contributed by atoms with E-state index >= 15 is 0 Å². The zero-order chi connectivity index (χ0) is 24.1. The maximum absolute atomic E-state index is 12.4. The highest BCUT2D eigenvalue weighted by Gasteiger charge is 2.29. The van der Waals surface area contributed by atoms with Crippen LogP contribution >= 0.6 is 0 Å². The van der Waals surface area contributed by atoms with Gasteiger partial charge in [-0.25, -0.2) is 0 Å². The van der Waals surface area contributed by atoms with Gasteiger partial charge in [0.2, 0.25) is 0 Å². The lowest BCUT2D eigenvalue weighted by Crippen LogP contribution is -2.33. The van der Waals surface area contributed by atoms with Gasteiger partial charge in [0, 0.05) is 12.8 Å². The summed E-state index contributed by atoms with van der Waals surface area (Å²) < 4.78 is 16.3. The second-order valence-corrected chi connectivity index (χ2v) is 10.5. The highest BCUT2D eigenvalue weighted by atomic mass is 16.6. The van der Waals surface area contributed by atoms with Gasteiger partial charge in [0.05, 0.1) is 12.5 Å². The van der Waals surface area contributed by atoms with E-state index in [1.165, 1.54) is 0 Å². The average molecular weight is 443 g/mol. The van der Waals surface area contributed by atoms with Crippen LogP contribution in [-0.2, 0) is 28.6 Å². The molecule has 0 amide bonds. The van der Waals surface area contributed by atoms with E-state index in [9.17, 15) is 14.4 Å². The van der Waals surface area contributed by atoms with E-state index in [0.717, 1.165) is 25.7 Å². The van der Waals surface area contributed by atoms with Gasteiger partial charge in [-0.1, -0.05) is 47.5 Å². The molecule has 182 valence electrons. The first-order valence-electron chi connectivity index (χ1n) is 11.8. The van der Waals surface area contributed by atoms with E-state index in [2.05, 4.69) is 27.7 Å². The molecule has 2 atom stereocenters. The Hall–Kier alpha value is -1.59. The van der Waals surface area contributed by atoms with Crippen LogP contribution in [0.25, 0.3) is 0 Å². The quantitative estimate of drug-likeness (QED) is 0.187. The molecule has 6 nitrogen and oxygen atoms in total. The zero-order valence-electron chi connectivity index (χ0n) is 21.2. The summed E-state index contributed by atoms with van der Waals surface area (Å²) in [6.45, 7) is 16.0. The van der Waals surface area contributed by atoms with Crippen molar-refractivity contribution in [2.75, 3.05) is 6.61 Å². The van der Waals surface area contributed by atoms with Crippen molar-refractivity contribution in [3.8, 4) is 0 Å². The number of rotatable bonds is 14. The Morgan fingerprint density at radius 1 is 0.806 bits per heavy atom. The van der Waals surface area contributed by atoms with Gasteiger partial charge in [0.25, 0.3) is 0 Å². The van der Waals surface area contributed by atoms with Crippen LogP contribution in [0.5, 0.6) is 0 Å². The van der Waals surface area contributed by atoms with Crippen LogP contribution in [0.1, 0.15) is 113 Å². The fraction of sp³-hybridized carbons (Fsp3) is 0.880. The monoisotopic (exact) mass is 442 g/mol. The fourth-order valence-corrected chi connectivity index (χ4v) is 2.97. The summed E-state index contributed by atoms with van der Waals surface area (Å²) in [6, 6.07) is 0. The molecule has 0 saturated heterocycles. The van der Waals surface area contributed by atoms with Crippen LogP contribution in [0, 0.1) is 11.3 Å². The third kappa shape index (κ3) is 15.8. The molecule has 0 aliphatic heterocycles. The number of hydrogen-bond donors (Lipinski definition) is 0. The van der Waals surface area contributed by atoms with E-state index in [0.29, 0.717) is 32.3 Å². The molecule has 0 aliphatic carbocycles. The molecule has 0 fully saturated rings. The second-order valence-electron chi connectivity index (χ2n) is 10.5. The van der Waals surface area contributed by atoms with Crippen molar-refractivity contribution in [1.29, 1.82) is 0 Å². The molecule has 1 unspecified atom stereocenters. The van der Waals surface area contributed by atoms with Crippen molar-refractivity contribution in [3.63, 3.8) is 0 Å². The maximum atomic E-state index is 12.4. The summed E-state index contributed by atoms with van der Waals surface area (Å²) in [7, 11) is 0. The number of carbonyl (C=O) groups excluding carboxylic acids is 3. The van der Waals surface area contributed by atoms with Crippen molar-refractivity contribution in [2.45, 2.75) is 125 Å². The maximum Gasteiger partial charge on any atom is 0.308 e. The van der Waals surface area contributed by atoms with Crippen LogP contribution in [0.2, 0.25) is 0 Å². The predicted molar refractivity (Wildman–Crippen MR) is 123 cm³/mol. The molecule has 0 rings (SSSR count). The van der Waals surface area contributed by atoms with Gasteiger partial charge in [-0.15, -0.1) is 0 Å². The molecule has 31 heavy (non-hydrogen) atoms. The molecule has 0 bridgehead atoms. The van der Waals surface area contributed by atoms with Crippen LogP contribution in [-0.4, -0.2) is 36.2 Å². The number of ether oxygens (including phenoxy) is 3. The Morgan fingerprint density at radius 3 is 2.00 bits per heavy atom. The normalized spacial score (nSPS) is 13.9. The van der Waals surface area contributed by atoms with Crippen molar-refractivity contribution in [3.05, 3.63) is 0 Å². The molecular weight excluding hydrogens is 396 g/mol. The minimum Gasteiger partial charge on any atom is -0.466 e. The van der Waals surface area contributed by atoms with E-state index in [-0.39, 0.29) is 41.8 Å². The van der Waals surface area contributed by atoms with E-state index in [1.54, 1.807) is 6.92 Å². The topological polar surface area (TPSA) is 78.9 Å². The number of unbranched alkanes of at least 4 members (excludes halogenated alkanes) is 3. The zero-order valence-corrected chi connectivity index (χ0v) is 21.2. The van der Waals surface area contributed by atoms with Gasteiger partial charge in [-0.05, 0) is 58.3 Å². The summed E-state index contributed by atoms with van der Waals surface area (Å²) in [5.41, 5.74) is -0.563. The molecule has 0 saturated carbocycles. The van der Waals surface area contributed by atoms with Crippen molar-refractivity contribution in [1.82, 2.24) is 0 Å². The summed E-state index contributed by atoms with van der Waals surface area (Å²) in [6.07, 6.45) is 6.02.